The van der Waals surface area contributed by atoms with Gasteiger partial charge in [-0.25, -0.2) is 9.97 Å². The smallest absolute Gasteiger partial charge is 0.134 e. The molecule has 0 radical (unpaired) electrons. The number of nitrogens with zero attached hydrogens (tertiary/aromatic N) is 2. The molecule has 0 saturated carbocycles. The highest BCUT2D eigenvalue weighted by Gasteiger charge is 2.16. The highest BCUT2D eigenvalue weighted by atomic mass is 32.1. The molecule has 8 heteroatoms. The molecular weight excluding hydrogens is 653 g/mol. The minimum atomic E-state index is 1.08. The van der Waals surface area contributed by atoms with Gasteiger partial charge in [0.25, 0.3) is 0 Å². The van der Waals surface area contributed by atoms with E-state index in [9.17, 15) is 0 Å². The fraction of sp³-hybridized carbons (Fsp3) is 0. The van der Waals surface area contributed by atoms with E-state index in [1.54, 1.807) is 22.7 Å². The summed E-state index contributed by atoms with van der Waals surface area (Å²) in [6, 6.07) is 39.7. The molecule has 4 aromatic carbocycles. The first kappa shape index (κ1) is 25.6. The SMILES string of the molecule is c1ccc2sc(-c3ccc(-c4cc5ccc6c(ccc7cc(-c8ccc(-c9nc%10ccccc%10s9)s8)sc76)c5s4)s3)nc2c1. The van der Waals surface area contributed by atoms with Crippen LogP contribution in [0.4, 0.5) is 0 Å². The van der Waals surface area contributed by atoms with Gasteiger partial charge < -0.3 is 0 Å². The summed E-state index contributed by atoms with van der Waals surface area (Å²) in [6.07, 6.45) is 0. The molecule has 2 nitrogen and oxygen atoms in total. The van der Waals surface area contributed by atoms with Gasteiger partial charge in [0.2, 0.25) is 0 Å². The molecule has 44 heavy (non-hydrogen) atoms. The molecule has 10 rings (SSSR count). The Labute approximate surface area is 275 Å². The Morgan fingerprint density at radius 3 is 1.30 bits per heavy atom. The highest BCUT2D eigenvalue weighted by molar-refractivity contribution is 7.31. The van der Waals surface area contributed by atoms with E-state index in [0.29, 0.717) is 0 Å². The van der Waals surface area contributed by atoms with E-state index < -0.39 is 0 Å². The van der Waals surface area contributed by atoms with Crippen LogP contribution in [0.15, 0.2) is 109 Å². The van der Waals surface area contributed by atoms with Crippen molar-refractivity contribution in [2.75, 3.05) is 0 Å². The predicted molar refractivity (Wildman–Crippen MR) is 199 cm³/mol. The van der Waals surface area contributed by atoms with Crippen molar-refractivity contribution in [2.45, 2.75) is 0 Å². The molecular formula is C36H18N2S6. The minimum Gasteiger partial charge on any atom is -0.235 e. The molecule has 6 aromatic heterocycles. The summed E-state index contributed by atoms with van der Waals surface area (Å²) in [5.74, 6) is 0. The Bertz CT molecular complexity index is 2440. The molecule has 6 heterocycles. The summed E-state index contributed by atoms with van der Waals surface area (Å²) in [7, 11) is 0. The number of hydrogen-bond acceptors (Lipinski definition) is 8. The van der Waals surface area contributed by atoms with Gasteiger partial charge in [-0.1, -0.05) is 48.5 Å². The lowest BCUT2D eigenvalue weighted by Gasteiger charge is -2.01. The van der Waals surface area contributed by atoms with Crippen LogP contribution in [0.3, 0.4) is 0 Å². The average molecular weight is 671 g/mol. The van der Waals surface area contributed by atoms with Crippen molar-refractivity contribution < 1.29 is 0 Å². The van der Waals surface area contributed by atoms with Crippen molar-refractivity contribution in [3.8, 4) is 39.3 Å². The minimum absolute atomic E-state index is 1.08. The van der Waals surface area contributed by atoms with E-state index in [0.717, 1.165) is 21.0 Å². The number of rotatable bonds is 4. The van der Waals surface area contributed by atoms with Gasteiger partial charge in [-0.05, 0) is 71.4 Å². The van der Waals surface area contributed by atoms with Gasteiger partial charge in [-0.3, -0.25) is 0 Å². The van der Waals surface area contributed by atoms with E-state index in [1.807, 2.05) is 45.3 Å². The van der Waals surface area contributed by atoms with Crippen LogP contribution in [0.1, 0.15) is 0 Å². The van der Waals surface area contributed by atoms with Crippen LogP contribution in [0.25, 0.3) is 90.7 Å². The van der Waals surface area contributed by atoms with Crippen LogP contribution in [0.5, 0.6) is 0 Å². The molecule has 0 atom stereocenters. The van der Waals surface area contributed by atoms with Crippen molar-refractivity contribution >= 4 is 119 Å². The molecule has 0 N–H and O–H groups in total. The normalized spacial score (nSPS) is 12.1. The second-order valence-electron chi connectivity index (χ2n) is 10.6. The summed E-state index contributed by atoms with van der Waals surface area (Å²) in [5.41, 5.74) is 2.15. The van der Waals surface area contributed by atoms with Crippen LogP contribution in [0.2, 0.25) is 0 Å². The lowest BCUT2D eigenvalue weighted by atomic mass is 10.1. The molecule has 0 aliphatic rings. The van der Waals surface area contributed by atoms with Gasteiger partial charge in [-0.15, -0.1) is 68.0 Å². The van der Waals surface area contributed by atoms with Gasteiger partial charge in [-0.2, -0.15) is 0 Å². The van der Waals surface area contributed by atoms with Crippen LogP contribution in [0, 0.1) is 0 Å². The maximum absolute atomic E-state index is 4.88. The molecule has 0 bridgehead atoms. The molecule has 0 saturated heterocycles. The Morgan fingerprint density at radius 1 is 0.364 bits per heavy atom. The quantitative estimate of drug-likeness (QED) is 0.186. The topological polar surface area (TPSA) is 25.8 Å². The van der Waals surface area contributed by atoms with Gasteiger partial charge in [0.05, 0.1) is 30.2 Å². The second kappa shape index (κ2) is 9.87. The van der Waals surface area contributed by atoms with Crippen molar-refractivity contribution in [3.63, 3.8) is 0 Å². The molecule has 0 aliphatic carbocycles. The van der Waals surface area contributed by atoms with E-state index in [4.69, 9.17) is 9.97 Å². The van der Waals surface area contributed by atoms with E-state index in [-0.39, 0.29) is 0 Å². The molecule has 0 unspecified atom stereocenters. The number of fused-ring (bicyclic) bond motifs is 7. The van der Waals surface area contributed by atoms with Gasteiger partial charge >= 0.3 is 0 Å². The molecule has 208 valence electrons. The maximum atomic E-state index is 4.88. The molecule has 0 aliphatic heterocycles. The van der Waals surface area contributed by atoms with Crippen molar-refractivity contribution in [1.29, 1.82) is 0 Å². The van der Waals surface area contributed by atoms with E-state index >= 15 is 0 Å². The first-order valence-corrected chi connectivity index (χ1v) is 18.9. The van der Waals surface area contributed by atoms with Gasteiger partial charge in [0, 0.05) is 39.7 Å². The summed E-state index contributed by atoms with van der Waals surface area (Å²) < 4.78 is 5.19. The van der Waals surface area contributed by atoms with Crippen molar-refractivity contribution in [2.24, 2.45) is 0 Å². The monoisotopic (exact) mass is 670 g/mol. The lowest BCUT2D eigenvalue weighted by Crippen LogP contribution is -1.72. The van der Waals surface area contributed by atoms with Gasteiger partial charge in [0.15, 0.2) is 0 Å². The number of thiophene rings is 4. The largest absolute Gasteiger partial charge is 0.235 e. The van der Waals surface area contributed by atoms with E-state index in [1.165, 1.54) is 69.6 Å². The molecule has 0 fully saturated rings. The average Bonchev–Trinajstić information content (AvgIpc) is 3.90. The zero-order valence-electron chi connectivity index (χ0n) is 22.7. The van der Waals surface area contributed by atoms with Crippen molar-refractivity contribution in [1.82, 2.24) is 9.97 Å². The Morgan fingerprint density at radius 2 is 0.818 bits per heavy atom. The van der Waals surface area contributed by atoms with Crippen LogP contribution in [-0.4, -0.2) is 9.97 Å². The fourth-order valence-electron chi connectivity index (χ4n) is 5.77. The maximum Gasteiger partial charge on any atom is 0.134 e. The Balaban J connectivity index is 1.02. The summed E-state index contributed by atoms with van der Waals surface area (Å²) in [4.78, 5) is 17.5. The first-order chi connectivity index (χ1) is 21.7. The summed E-state index contributed by atoms with van der Waals surface area (Å²) >= 11 is 11.0. The molecule has 0 spiro atoms. The number of thiazole rings is 2. The number of para-hydroxylation sites is 2. The van der Waals surface area contributed by atoms with Crippen LogP contribution < -0.4 is 0 Å². The number of aromatic nitrogens is 2. The Hall–Kier alpha value is -3.76. The van der Waals surface area contributed by atoms with E-state index in [2.05, 4.69) is 109 Å². The van der Waals surface area contributed by atoms with Crippen LogP contribution >= 0.6 is 68.0 Å². The first-order valence-electron chi connectivity index (χ1n) is 14.0. The second-order valence-corrected chi connectivity index (χ2v) is 16.9. The Kier molecular flexibility index (Phi) is 5.73. The zero-order valence-corrected chi connectivity index (χ0v) is 27.6. The predicted octanol–water partition coefficient (Wildman–Crippen LogP) is 13.3. The van der Waals surface area contributed by atoms with Crippen molar-refractivity contribution in [3.05, 3.63) is 109 Å². The zero-order chi connectivity index (χ0) is 28.8. The summed E-state index contributed by atoms with van der Waals surface area (Å²) in [5, 5.41) is 7.49. The third-order valence-corrected chi connectivity index (χ3v) is 15.2. The lowest BCUT2D eigenvalue weighted by molar-refractivity contribution is 1.50. The van der Waals surface area contributed by atoms with Crippen LogP contribution in [-0.2, 0) is 0 Å². The third kappa shape index (κ3) is 4.06. The van der Waals surface area contributed by atoms with Gasteiger partial charge in [0.1, 0.15) is 10.0 Å². The molecule has 10 aromatic rings. The summed E-state index contributed by atoms with van der Waals surface area (Å²) in [6.45, 7) is 0. The molecule has 0 amide bonds. The number of hydrogen-bond donors (Lipinski definition) is 0. The standard InChI is InChI=1S/C36H18N2S6/c1-3-7-25-23(5-1)37-35(43-25)29-15-13-27(39-29)31-17-19-9-11-22-21(33(19)41-31)12-10-20-18-32(42-34(20)22)28-14-16-30(40-28)36-38-24-6-2-4-8-26(24)44-36/h1-18H. The fourth-order valence-corrected chi connectivity index (χ4v) is 12.4. The number of benzene rings is 4. The third-order valence-electron chi connectivity index (χ3n) is 7.87. The highest BCUT2D eigenvalue weighted by Crippen LogP contribution is 2.47.